The van der Waals surface area contributed by atoms with Crippen LogP contribution in [0.2, 0.25) is 0 Å². The highest BCUT2D eigenvalue weighted by atomic mass is 16.5. The average molecular weight is 231 g/mol. The number of ether oxygens (including phenoxy) is 1. The molecule has 1 unspecified atom stereocenters. The Morgan fingerprint density at radius 1 is 1.35 bits per heavy atom. The second-order valence-corrected chi connectivity index (χ2v) is 3.51. The lowest BCUT2D eigenvalue weighted by atomic mass is 10.1. The van der Waals surface area contributed by atoms with E-state index < -0.39 is 6.10 Å². The number of methoxy groups -OCH3 is 1. The summed E-state index contributed by atoms with van der Waals surface area (Å²) in [5.74, 6) is 0.448. The highest BCUT2D eigenvalue weighted by Crippen LogP contribution is 2.25. The van der Waals surface area contributed by atoms with Crippen LogP contribution in [0.15, 0.2) is 36.7 Å². The van der Waals surface area contributed by atoms with Gasteiger partial charge >= 0.3 is 0 Å². The molecule has 0 amide bonds. The molecule has 2 heterocycles. The molecule has 0 aliphatic heterocycles. The van der Waals surface area contributed by atoms with Gasteiger partial charge in [0, 0.05) is 29.7 Å². The Labute approximate surface area is 98.9 Å². The van der Waals surface area contributed by atoms with Gasteiger partial charge in [0.05, 0.1) is 12.8 Å². The molecular formula is C12H13N3O2. The summed E-state index contributed by atoms with van der Waals surface area (Å²) in [6.07, 6.45) is 2.20. The molecule has 2 aromatic rings. The number of nitrogen functional groups attached to an aromatic ring is 1. The molecule has 5 nitrogen and oxygen atoms in total. The van der Waals surface area contributed by atoms with Gasteiger partial charge in [0.15, 0.2) is 0 Å². The number of aromatic nitrogens is 2. The molecule has 2 aromatic heterocycles. The molecule has 5 heteroatoms. The van der Waals surface area contributed by atoms with Crippen molar-refractivity contribution in [1.29, 1.82) is 0 Å². The highest BCUT2D eigenvalue weighted by molar-refractivity contribution is 5.47. The van der Waals surface area contributed by atoms with Crippen LogP contribution in [-0.2, 0) is 0 Å². The van der Waals surface area contributed by atoms with Gasteiger partial charge in [-0.2, -0.15) is 0 Å². The Bertz CT molecular complexity index is 517. The summed E-state index contributed by atoms with van der Waals surface area (Å²) in [7, 11) is 1.52. The van der Waals surface area contributed by atoms with Gasteiger partial charge in [-0.25, -0.2) is 4.98 Å². The van der Waals surface area contributed by atoms with Gasteiger partial charge in [-0.05, 0) is 12.1 Å². The van der Waals surface area contributed by atoms with E-state index in [-0.39, 0.29) is 0 Å². The summed E-state index contributed by atoms with van der Waals surface area (Å²) in [5, 5.41) is 10.2. The summed E-state index contributed by atoms with van der Waals surface area (Å²) >= 11 is 0. The number of nitrogens with two attached hydrogens (primary N) is 1. The van der Waals surface area contributed by atoms with Crippen molar-refractivity contribution in [3.05, 3.63) is 47.9 Å². The Morgan fingerprint density at radius 2 is 2.18 bits per heavy atom. The van der Waals surface area contributed by atoms with Crippen LogP contribution >= 0.6 is 0 Å². The minimum Gasteiger partial charge on any atom is -0.481 e. The van der Waals surface area contributed by atoms with Crippen LogP contribution in [0.3, 0.4) is 0 Å². The van der Waals surface area contributed by atoms with E-state index in [1.807, 2.05) is 0 Å². The van der Waals surface area contributed by atoms with Crippen molar-refractivity contribution < 1.29 is 9.84 Å². The number of hydrogen-bond acceptors (Lipinski definition) is 5. The first-order valence-electron chi connectivity index (χ1n) is 5.10. The van der Waals surface area contributed by atoms with E-state index in [1.165, 1.54) is 13.3 Å². The van der Waals surface area contributed by atoms with Crippen LogP contribution in [-0.4, -0.2) is 22.2 Å². The van der Waals surface area contributed by atoms with E-state index in [0.29, 0.717) is 22.8 Å². The van der Waals surface area contributed by atoms with Gasteiger partial charge in [-0.3, -0.25) is 4.98 Å². The van der Waals surface area contributed by atoms with Crippen LogP contribution in [0, 0.1) is 0 Å². The van der Waals surface area contributed by atoms with Crippen molar-refractivity contribution in [3.63, 3.8) is 0 Å². The molecule has 3 N–H and O–H groups in total. The lowest BCUT2D eigenvalue weighted by molar-refractivity contribution is 0.214. The molecule has 0 radical (unpaired) electrons. The summed E-state index contributed by atoms with van der Waals surface area (Å²) < 4.78 is 5.00. The number of aliphatic hydroxyl groups is 1. The molecule has 0 saturated carbocycles. The Hall–Kier alpha value is -2.14. The van der Waals surface area contributed by atoms with Gasteiger partial charge in [0.25, 0.3) is 0 Å². The van der Waals surface area contributed by atoms with Crippen molar-refractivity contribution in [2.75, 3.05) is 12.8 Å². The third kappa shape index (κ3) is 2.34. The standard InChI is InChI=1S/C12H13N3O2/c1-17-11-4-2-3-10(15-11)12(16)8-7-14-6-5-9(8)13/h2-7,12,16H,1H3,(H2,13,14). The predicted molar refractivity (Wildman–Crippen MR) is 63.5 cm³/mol. The van der Waals surface area contributed by atoms with Crippen LogP contribution in [0.25, 0.3) is 0 Å². The fourth-order valence-electron chi connectivity index (χ4n) is 1.50. The van der Waals surface area contributed by atoms with Gasteiger partial charge in [-0.15, -0.1) is 0 Å². The molecule has 0 aliphatic rings. The van der Waals surface area contributed by atoms with E-state index in [0.717, 1.165) is 0 Å². The van der Waals surface area contributed by atoms with Gasteiger partial charge in [0.2, 0.25) is 5.88 Å². The molecular weight excluding hydrogens is 218 g/mol. The predicted octanol–water partition coefficient (Wildman–Crippen LogP) is 1.15. The topological polar surface area (TPSA) is 81.3 Å². The summed E-state index contributed by atoms with van der Waals surface area (Å²) in [5.41, 5.74) is 7.27. The minimum absolute atomic E-state index is 0.448. The Balaban J connectivity index is 2.37. The maximum atomic E-state index is 10.2. The molecule has 0 saturated heterocycles. The first-order chi connectivity index (χ1) is 8.22. The molecule has 2 rings (SSSR count). The molecule has 0 aromatic carbocycles. The van der Waals surface area contributed by atoms with E-state index in [4.69, 9.17) is 10.5 Å². The number of pyridine rings is 2. The molecule has 1 atom stereocenters. The summed E-state index contributed by atoms with van der Waals surface area (Å²) in [6.45, 7) is 0. The normalized spacial score (nSPS) is 12.1. The zero-order chi connectivity index (χ0) is 12.3. The fourth-order valence-corrected chi connectivity index (χ4v) is 1.50. The zero-order valence-corrected chi connectivity index (χ0v) is 9.37. The van der Waals surface area contributed by atoms with Crippen LogP contribution in [0.5, 0.6) is 5.88 Å². The van der Waals surface area contributed by atoms with E-state index in [1.54, 1.807) is 30.5 Å². The first-order valence-corrected chi connectivity index (χ1v) is 5.10. The van der Waals surface area contributed by atoms with Crippen molar-refractivity contribution in [2.45, 2.75) is 6.10 Å². The van der Waals surface area contributed by atoms with Crippen molar-refractivity contribution in [3.8, 4) is 5.88 Å². The number of anilines is 1. The Morgan fingerprint density at radius 3 is 2.88 bits per heavy atom. The number of aliphatic hydroxyl groups excluding tert-OH is 1. The molecule has 0 fully saturated rings. The lowest BCUT2D eigenvalue weighted by Crippen LogP contribution is -2.06. The highest BCUT2D eigenvalue weighted by Gasteiger charge is 2.15. The van der Waals surface area contributed by atoms with Crippen molar-refractivity contribution >= 4 is 5.69 Å². The fraction of sp³-hybridized carbons (Fsp3) is 0.167. The van der Waals surface area contributed by atoms with E-state index >= 15 is 0 Å². The molecule has 88 valence electrons. The SMILES string of the molecule is COc1cccc(C(O)c2cnccc2N)n1. The largest absolute Gasteiger partial charge is 0.481 e. The van der Waals surface area contributed by atoms with Crippen LogP contribution < -0.4 is 10.5 Å². The van der Waals surface area contributed by atoms with Crippen molar-refractivity contribution in [1.82, 2.24) is 9.97 Å². The third-order valence-corrected chi connectivity index (χ3v) is 2.42. The summed E-state index contributed by atoms with van der Waals surface area (Å²) in [6, 6.07) is 6.82. The van der Waals surface area contributed by atoms with E-state index in [9.17, 15) is 5.11 Å². The lowest BCUT2D eigenvalue weighted by Gasteiger charge is -2.12. The van der Waals surface area contributed by atoms with Gasteiger partial charge in [-0.1, -0.05) is 6.07 Å². The third-order valence-electron chi connectivity index (χ3n) is 2.42. The number of rotatable bonds is 3. The minimum atomic E-state index is -0.904. The molecule has 17 heavy (non-hydrogen) atoms. The summed E-state index contributed by atoms with van der Waals surface area (Å²) in [4.78, 5) is 8.09. The second kappa shape index (κ2) is 4.80. The second-order valence-electron chi connectivity index (χ2n) is 3.51. The monoisotopic (exact) mass is 231 g/mol. The molecule has 0 bridgehead atoms. The maximum absolute atomic E-state index is 10.2. The number of hydrogen-bond donors (Lipinski definition) is 2. The van der Waals surface area contributed by atoms with Crippen LogP contribution in [0.4, 0.5) is 5.69 Å². The van der Waals surface area contributed by atoms with Crippen LogP contribution in [0.1, 0.15) is 17.4 Å². The maximum Gasteiger partial charge on any atom is 0.213 e. The molecule has 0 spiro atoms. The Kier molecular flexibility index (Phi) is 3.20. The smallest absolute Gasteiger partial charge is 0.213 e. The van der Waals surface area contributed by atoms with E-state index in [2.05, 4.69) is 9.97 Å². The average Bonchev–Trinajstić information content (AvgIpc) is 2.38. The van der Waals surface area contributed by atoms with Gasteiger partial charge in [0.1, 0.15) is 6.10 Å². The van der Waals surface area contributed by atoms with Gasteiger partial charge < -0.3 is 15.6 Å². The zero-order valence-electron chi connectivity index (χ0n) is 9.37. The first kappa shape index (κ1) is 11.3. The quantitative estimate of drug-likeness (QED) is 0.828. The number of nitrogens with zero attached hydrogens (tertiary/aromatic N) is 2. The van der Waals surface area contributed by atoms with Crippen molar-refractivity contribution in [2.24, 2.45) is 0 Å². The molecule has 0 aliphatic carbocycles.